The van der Waals surface area contributed by atoms with Crippen molar-refractivity contribution in [2.75, 3.05) is 5.75 Å². The molecule has 9 nitrogen and oxygen atoms in total. The number of thiol groups is 1. The number of amides is 3. The molecular formula is C11H20N4O5S. The number of primary amides is 1. The molecule has 0 rings (SSSR count). The van der Waals surface area contributed by atoms with Crippen LogP contribution < -0.4 is 22.1 Å². The lowest BCUT2D eigenvalue weighted by atomic mass is 10.1. The number of carbonyl (C=O) groups is 4. The Kier molecular flexibility index (Phi) is 8.39. The number of carbonyl (C=O) groups excluding carboxylic acids is 3. The molecule has 0 saturated heterocycles. The van der Waals surface area contributed by atoms with Crippen LogP contribution >= 0.6 is 12.6 Å². The van der Waals surface area contributed by atoms with Crippen molar-refractivity contribution in [2.24, 2.45) is 11.5 Å². The average Bonchev–Trinajstić information content (AvgIpc) is 2.41. The summed E-state index contributed by atoms with van der Waals surface area (Å²) < 4.78 is 0. The summed E-state index contributed by atoms with van der Waals surface area (Å²) in [5.41, 5.74) is 10.5. The minimum Gasteiger partial charge on any atom is -0.480 e. The summed E-state index contributed by atoms with van der Waals surface area (Å²) in [4.78, 5) is 44.7. The fraction of sp³-hybridized carbons (Fsp3) is 0.636. The van der Waals surface area contributed by atoms with E-state index < -0.39 is 41.8 Å². The molecule has 0 aromatic carbocycles. The molecule has 0 saturated carbocycles. The maximum Gasteiger partial charge on any atom is 0.325 e. The van der Waals surface area contributed by atoms with E-state index in [1.807, 2.05) is 0 Å². The molecule has 0 aromatic rings. The van der Waals surface area contributed by atoms with Gasteiger partial charge in [-0.05, 0) is 13.3 Å². The Morgan fingerprint density at radius 1 is 1.19 bits per heavy atom. The second-order valence-electron chi connectivity index (χ2n) is 4.42. The molecule has 0 aliphatic heterocycles. The minimum atomic E-state index is -1.20. The second kappa shape index (κ2) is 9.19. The highest BCUT2D eigenvalue weighted by molar-refractivity contribution is 7.80. The molecule has 0 bridgehead atoms. The molecule has 0 fully saturated rings. The van der Waals surface area contributed by atoms with Crippen LogP contribution in [-0.2, 0) is 19.2 Å². The number of aliphatic carboxylic acids is 1. The third-order valence-electron chi connectivity index (χ3n) is 2.58. The summed E-state index contributed by atoms with van der Waals surface area (Å²) in [6.07, 6.45) is -0.00399. The number of nitrogens with two attached hydrogens (primary N) is 2. The van der Waals surface area contributed by atoms with E-state index in [1.165, 1.54) is 6.92 Å². The lowest BCUT2D eigenvalue weighted by Gasteiger charge is -2.20. The van der Waals surface area contributed by atoms with Crippen LogP contribution in [0.3, 0.4) is 0 Å². The van der Waals surface area contributed by atoms with E-state index in [1.54, 1.807) is 0 Å². The Hall–Kier alpha value is -1.81. The Bertz CT molecular complexity index is 417. The zero-order valence-corrected chi connectivity index (χ0v) is 12.4. The summed E-state index contributed by atoms with van der Waals surface area (Å²) in [6.45, 7) is 1.29. The van der Waals surface area contributed by atoms with Crippen molar-refractivity contribution in [3.63, 3.8) is 0 Å². The van der Waals surface area contributed by atoms with Gasteiger partial charge >= 0.3 is 5.97 Å². The van der Waals surface area contributed by atoms with Crippen molar-refractivity contribution in [1.82, 2.24) is 10.6 Å². The number of hydrogen-bond donors (Lipinski definition) is 6. The van der Waals surface area contributed by atoms with Crippen LogP contribution in [0, 0.1) is 0 Å². The molecule has 21 heavy (non-hydrogen) atoms. The Morgan fingerprint density at radius 2 is 1.76 bits per heavy atom. The topological polar surface area (TPSA) is 165 Å². The first-order chi connectivity index (χ1) is 9.68. The molecule has 120 valence electrons. The van der Waals surface area contributed by atoms with Crippen LogP contribution in [0.4, 0.5) is 0 Å². The predicted octanol–water partition coefficient (Wildman–Crippen LogP) is -2.42. The highest BCUT2D eigenvalue weighted by atomic mass is 32.1. The summed E-state index contributed by atoms with van der Waals surface area (Å²) in [6, 6.07) is -3.12. The van der Waals surface area contributed by atoms with Gasteiger partial charge in [0, 0.05) is 12.2 Å². The van der Waals surface area contributed by atoms with E-state index in [4.69, 9.17) is 16.6 Å². The first-order valence-corrected chi connectivity index (χ1v) is 6.80. The number of carboxylic acid groups (broad SMARTS) is 1. The summed E-state index contributed by atoms with van der Waals surface area (Å²) in [5.74, 6) is -3.15. The van der Waals surface area contributed by atoms with E-state index in [-0.39, 0.29) is 18.6 Å². The molecular weight excluding hydrogens is 300 g/mol. The van der Waals surface area contributed by atoms with Crippen LogP contribution in [0.25, 0.3) is 0 Å². The van der Waals surface area contributed by atoms with Gasteiger partial charge in [0.1, 0.15) is 12.1 Å². The standard InChI is InChI=1S/C11H20N4O5S/c1-5(11(19)20)14-10(18)7(4-21)15-9(17)6(12)2-3-8(13)16/h5-7,21H,2-4,12H2,1H3,(H2,13,16)(H,14,18)(H,15,17)(H,19,20)/t5-,6-,7-/m0/s1. The smallest absolute Gasteiger partial charge is 0.325 e. The van der Waals surface area contributed by atoms with E-state index in [0.717, 1.165) is 0 Å². The molecule has 10 heteroatoms. The van der Waals surface area contributed by atoms with Gasteiger partial charge in [-0.2, -0.15) is 12.6 Å². The first-order valence-electron chi connectivity index (χ1n) is 6.17. The fourth-order valence-electron chi connectivity index (χ4n) is 1.28. The molecule has 0 heterocycles. The quantitative estimate of drug-likeness (QED) is 0.259. The molecule has 0 aliphatic carbocycles. The molecule has 0 unspecified atom stereocenters. The van der Waals surface area contributed by atoms with Crippen LogP contribution in [0.2, 0.25) is 0 Å². The van der Waals surface area contributed by atoms with Crippen molar-refractivity contribution in [1.29, 1.82) is 0 Å². The van der Waals surface area contributed by atoms with Crippen LogP contribution in [0.1, 0.15) is 19.8 Å². The number of carboxylic acids is 1. The van der Waals surface area contributed by atoms with E-state index in [0.29, 0.717) is 0 Å². The Balaban J connectivity index is 4.47. The van der Waals surface area contributed by atoms with Gasteiger partial charge in [-0.15, -0.1) is 0 Å². The van der Waals surface area contributed by atoms with Crippen molar-refractivity contribution < 1.29 is 24.3 Å². The number of rotatable bonds is 9. The van der Waals surface area contributed by atoms with Crippen LogP contribution in [-0.4, -0.2) is 52.7 Å². The monoisotopic (exact) mass is 320 g/mol. The SMILES string of the molecule is C[C@H](NC(=O)[C@H](CS)NC(=O)[C@@H](N)CCC(N)=O)C(=O)O. The fourth-order valence-corrected chi connectivity index (χ4v) is 1.53. The van der Waals surface area contributed by atoms with Gasteiger partial charge < -0.3 is 27.2 Å². The highest BCUT2D eigenvalue weighted by Gasteiger charge is 2.25. The van der Waals surface area contributed by atoms with Gasteiger partial charge in [0.25, 0.3) is 0 Å². The van der Waals surface area contributed by atoms with Gasteiger partial charge in [0.2, 0.25) is 17.7 Å². The highest BCUT2D eigenvalue weighted by Crippen LogP contribution is 1.97. The largest absolute Gasteiger partial charge is 0.480 e. The molecule has 0 spiro atoms. The van der Waals surface area contributed by atoms with E-state index >= 15 is 0 Å². The van der Waals surface area contributed by atoms with Gasteiger partial charge in [-0.1, -0.05) is 0 Å². The van der Waals surface area contributed by atoms with Crippen molar-refractivity contribution in [3.8, 4) is 0 Å². The minimum absolute atomic E-state index is 0.0353. The van der Waals surface area contributed by atoms with Crippen LogP contribution in [0.15, 0.2) is 0 Å². The van der Waals surface area contributed by atoms with Gasteiger partial charge in [0.05, 0.1) is 6.04 Å². The molecule has 0 radical (unpaired) electrons. The maximum absolute atomic E-state index is 11.8. The van der Waals surface area contributed by atoms with Gasteiger partial charge in [-0.3, -0.25) is 19.2 Å². The van der Waals surface area contributed by atoms with Crippen molar-refractivity contribution in [3.05, 3.63) is 0 Å². The molecule has 3 amide bonds. The van der Waals surface area contributed by atoms with Gasteiger partial charge in [-0.25, -0.2) is 0 Å². The lowest BCUT2D eigenvalue weighted by molar-refractivity contribution is -0.141. The third-order valence-corrected chi connectivity index (χ3v) is 2.95. The first kappa shape index (κ1) is 19.2. The lowest BCUT2D eigenvalue weighted by Crippen LogP contribution is -2.54. The average molecular weight is 320 g/mol. The number of hydrogen-bond acceptors (Lipinski definition) is 6. The zero-order chi connectivity index (χ0) is 16.6. The maximum atomic E-state index is 11.8. The van der Waals surface area contributed by atoms with Crippen LogP contribution in [0.5, 0.6) is 0 Å². The zero-order valence-electron chi connectivity index (χ0n) is 11.5. The van der Waals surface area contributed by atoms with E-state index in [9.17, 15) is 19.2 Å². The summed E-state index contributed by atoms with van der Waals surface area (Å²) in [7, 11) is 0. The molecule has 7 N–H and O–H groups in total. The van der Waals surface area contributed by atoms with Gasteiger partial charge in [0.15, 0.2) is 0 Å². The second-order valence-corrected chi connectivity index (χ2v) is 4.79. The molecule has 0 aromatic heterocycles. The Morgan fingerprint density at radius 3 is 2.19 bits per heavy atom. The van der Waals surface area contributed by atoms with Crippen molar-refractivity contribution in [2.45, 2.75) is 37.9 Å². The summed E-state index contributed by atoms with van der Waals surface area (Å²) >= 11 is 3.92. The Labute approximate surface area is 127 Å². The molecule has 3 atom stereocenters. The normalized spacial score (nSPS) is 14.6. The third kappa shape index (κ3) is 7.51. The summed E-state index contributed by atoms with van der Waals surface area (Å²) in [5, 5.41) is 13.2. The molecule has 0 aliphatic rings. The number of nitrogens with one attached hydrogen (secondary N) is 2. The predicted molar refractivity (Wildman–Crippen MR) is 77.4 cm³/mol. The van der Waals surface area contributed by atoms with Crippen molar-refractivity contribution >= 4 is 36.3 Å². The van der Waals surface area contributed by atoms with E-state index in [2.05, 4.69) is 23.3 Å².